The Labute approximate surface area is 163 Å². The number of aryl methyl sites for hydroxylation is 1. The lowest BCUT2D eigenvalue weighted by molar-refractivity contribution is -0.119. The van der Waals surface area contributed by atoms with Crippen molar-refractivity contribution in [2.45, 2.75) is 26.9 Å². The van der Waals surface area contributed by atoms with Gasteiger partial charge in [0.25, 0.3) is 5.56 Å². The highest BCUT2D eigenvalue weighted by Gasteiger charge is 2.20. The van der Waals surface area contributed by atoms with Crippen molar-refractivity contribution < 1.29 is 4.79 Å². The number of benzene rings is 2. The summed E-state index contributed by atoms with van der Waals surface area (Å²) in [6.45, 7) is 3.53. The monoisotopic (exact) mass is 372 g/mol. The quantitative estimate of drug-likeness (QED) is 0.690. The zero-order chi connectivity index (χ0) is 20.1. The number of para-hydroxylation sites is 1. The fraction of sp³-hybridized carbons (Fsp3) is 0.182. The molecule has 0 aliphatic carbocycles. The molecule has 1 amide bonds. The van der Waals surface area contributed by atoms with Crippen molar-refractivity contribution in [2.75, 3.05) is 4.90 Å². The number of hydrogen-bond acceptors (Lipinski definition) is 4. The molecule has 6 nitrogen and oxygen atoms in total. The number of rotatable bonds is 5. The van der Waals surface area contributed by atoms with E-state index in [0.29, 0.717) is 17.8 Å². The highest BCUT2D eigenvalue weighted by Crippen LogP contribution is 2.17. The van der Waals surface area contributed by atoms with E-state index >= 15 is 0 Å². The minimum atomic E-state index is -0.549. The Morgan fingerprint density at radius 3 is 2.29 bits per heavy atom. The van der Waals surface area contributed by atoms with Gasteiger partial charge in [-0.3, -0.25) is 9.59 Å². The third-order valence-corrected chi connectivity index (χ3v) is 4.59. The van der Waals surface area contributed by atoms with E-state index in [1.807, 2.05) is 66.7 Å². The molecule has 0 aliphatic heterocycles. The van der Waals surface area contributed by atoms with Crippen molar-refractivity contribution >= 4 is 11.6 Å². The van der Waals surface area contributed by atoms with E-state index in [9.17, 15) is 14.9 Å². The Bertz CT molecular complexity index is 1080. The molecule has 140 valence electrons. The van der Waals surface area contributed by atoms with Crippen LogP contribution in [0.4, 0.5) is 5.69 Å². The molecule has 0 unspecified atom stereocenters. The van der Waals surface area contributed by atoms with Gasteiger partial charge in [0.1, 0.15) is 18.2 Å². The lowest BCUT2D eigenvalue weighted by Gasteiger charge is -2.23. The van der Waals surface area contributed by atoms with Gasteiger partial charge < -0.3 is 4.90 Å². The molecule has 0 bridgehead atoms. The van der Waals surface area contributed by atoms with Gasteiger partial charge in [0, 0.05) is 5.69 Å². The van der Waals surface area contributed by atoms with Crippen LogP contribution in [0.15, 0.2) is 65.5 Å². The van der Waals surface area contributed by atoms with Crippen molar-refractivity contribution in [3.8, 4) is 6.07 Å². The first-order valence-corrected chi connectivity index (χ1v) is 8.89. The minimum Gasteiger partial charge on any atom is -0.306 e. The zero-order valence-electron chi connectivity index (χ0n) is 15.8. The number of carbonyl (C=O) groups excluding carboxylic acids is 1. The number of hydrogen-bond donors (Lipinski definition) is 0. The Hall–Kier alpha value is -3.72. The van der Waals surface area contributed by atoms with Crippen molar-refractivity contribution in [1.82, 2.24) is 9.78 Å². The number of amides is 1. The Morgan fingerprint density at radius 1 is 1.07 bits per heavy atom. The van der Waals surface area contributed by atoms with Crippen molar-refractivity contribution in [3.63, 3.8) is 0 Å². The predicted octanol–water partition coefficient (Wildman–Crippen LogP) is 2.97. The third-order valence-electron chi connectivity index (χ3n) is 4.59. The van der Waals surface area contributed by atoms with Crippen LogP contribution < -0.4 is 10.5 Å². The van der Waals surface area contributed by atoms with Crippen LogP contribution in [-0.4, -0.2) is 15.7 Å². The summed E-state index contributed by atoms with van der Waals surface area (Å²) < 4.78 is 1.07. The first-order valence-electron chi connectivity index (χ1n) is 8.89. The number of nitriles is 1. The second kappa shape index (κ2) is 8.31. The molecule has 0 radical (unpaired) electrons. The van der Waals surface area contributed by atoms with Crippen LogP contribution in [0.3, 0.4) is 0 Å². The molecule has 3 rings (SSSR count). The molecule has 0 N–H and O–H groups in total. The highest BCUT2D eigenvalue weighted by molar-refractivity contribution is 5.93. The summed E-state index contributed by atoms with van der Waals surface area (Å²) in [4.78, 5) is 27.3. The second-order valence-corrected chi connectivity index (χ2v) is 6.46. The van der Waals surface area contributed by atoms with Crippen LogP contribution in [0.25, 0.3) is 0 Å². The summed E-state index contributed by atoms with van der Waals surface area (Å²) in [6.07, 6.45) is 0. The van der Waals surface area contributed by atoms with Crippen LogP contribution in [0, 0.1) is 25.2 Å². The average molecular weight is 372 g/mol. The average Bonchev–Trinajstić information content (AvgIpc) is 2.72. The molecule has 28 heavy (non-hydrogen) atoms. The molecule has 0 saturated carbocycles. The minimum absolute atomic E-state index is 0.0228. The molecule has 0 spiro atoms. The fourth-order valence-corrected chi connectivity index (χ4v) is 2.92. The molecule has 6 heteroatoms. The van der Waals surface area contributed by atoms with Gasteiger partial charge in [-0.1, -0.05) is 48.5 Å². The Balaban J connectivity index is 1.96. The van der Waals surface area contributed by atoms with E-state index in [0.717, 1.165) is 15.9 Å². The van der Waals surface area contributed by atoms with E-state index in [1.165, 1.54) is 0 Å². The number of nitrogens with zero attached hydrogens (tertiary/aromatic N) is 4. The third kappa shape index (κ3) is 3.99. The van der Waals surface area contributed by atoms with Gasteiger partial charge in [-0.25, -0.2) is 4.68 Å². The molecule has 2 aromatic carbocycles. The first kappa shape index (κ1) is 19.1. The van der Waals surface area contributed by atoms with Crippen molar-refractivity contribution in [3.05, 3.63) is 93.4 Å². The molecule has 0 aliphatic rings. The summed E-state index contributed by atoms with van der Waals surface area (Å²) in [5.41, 5.74) is 2.27. The molecule has 1 aromatic heterocycles. The van der Waals surface area contributed by atoms with Crippen molar-refractivity contribution in [2.24, 2.45) is 0 Å². The molecule has 0 saturated heterocycles. The van der Waals surface area contributed by atoms with Gasteiger partial charge in [0.15, 0.2) is 0 Å². The van der Waals surface area contributed by atoms with Crippen LogP contribution in [-0.2, 0) is 17.9 Å². The fourth-order valence-electron chi connectivity index (χ4n) is 2.92. The van der Waals surface area contributed by atoms with E-state index in [1.54, 1.807) is 18.7 Å². The number of aromatic nitrogens is 2. The van der Waals surface area contributed by atoms with Gasteiger partial charge in [-0.05, 0) is 37.1 Å². The molecule has 1 heterocycles. The maximum atomic E-state index is 13.1. The van der Waals surface area contributed by atoms with Crippen LogP contribution in [0.2, 0.25) is 0 Å². The van der Waals surface area contributed by atoms with Crippen molar-refractivity contribution in [1.29, 1.82) is 5.26 Å². The Kier molecular flexibility index (Phi) is 5.66. The van der Waals surface area contributed by atoms with Gasteiger partial charge in [0.2, 0.25) is 5.91 Å². The maximum Gasteiger partial charge on any atom is 0.285 e. The number of anilines is 1. The highest BCUT2D eigenvalue weighted by atomic mass is 16.2. The summed E-state index contributed by atoms with van der Waals surface area (Å²) in [5, 5.41) is 13.5. The first-order chi connectivity index (χ1) is 13.5. The largest absolute Gasteiger partial charge is 0.306 e. The lowest BCUT2D eigenvalue weighted by Crippen LogP contribution is -2.38. The predicted molar refractivity (Wildman–Crippen MR) is 107 cm³/mol. The molecular formula is C22H20N4O2. The van der Waals surface area contributed by atoms with Crippen LogP contribution in [0.1, 0.15) is 22.4 Å². The van der Waals surface area contributed by atoms with E-state index in [4.69, 9.17) is 0 Å². The number of carbonyl (C=O) groups is 1. The summed E-state index contributed by atoms with van der Waals surface area (Å²) in [7, 11) is 0. The van der Waals surface area contributed by atoms with Gasteiger partial charge in [-0.2, -0.15) is 10.4 Å². The van der Waals surface area contributed by atoms with E-state index in [2.05, 4.69) is 5.10 Å². The summed E-state index contributed by atoms with van der Waals surface area (Å²) in [6, 6.07) is 20.8. The Morgan fingerprint density at radius 2 is 1.68 bits per heavy atom. The molecule has 3 aromatic rings. The SMILES string of the molecule is Cc1nn(CC(=O)N(Cc2ccccc2)c2ccccc2)c(=O)c(C#N)c1C. The van der Waals surface area contributed by atoms with Crippen LogP contribution in [0.5, 0.6) is 0 Å². The van der Waals surface area contributed by atoms with Gasteiger partial charge in [0.05, 0.1) is 12.2 Å². The smallest absolute Gasteiger partial charge is 0.285 e. The summed E-state index contributed by atoms with van der Waals surface area (Å²) in [5.74, 6) is -0.281. The second-order valence-electron chi connectivity index (χ2n) is 6.46. The standard InChI is InChI=1S/C22H20N4O2/c1-16-17(2)24-26(22(28)20(16)13-23)15-21(27)25(19-11-7-4-8-12-19)14-18-9-5-3-6-10-18/h3-12H,14-15H2,1-2H3. The van der Waals surface area contributed by atoms with E-state index < -0.39 is 5.56 Å². The topological polar surface area (TPSA) is 79.0 Å². The maximum absolute atomic E-state index is 13.1. The molecular weight excluding hydrogens is 352 g/mol. The van der Waals surface area contributed by atoms with Crippen LogP contribution >= 0.6 is 0 Å². The van der Waals surface area contributed by atoms with Gasteiger partial charge in [-0.15, -0.1) is 0 Å². The zero-order valence-corrected chi connectivity index (χ0v) is 15.8. The lowest BCUT2D eigenvalue weighted by atomic mass is 10.1. The van der Waals surface area contributed by atoms with E-state index in [-0.39, 0.29) is 18.0 Å². The normalized spacial score (nSPS) is 10.3. The summed E-state index contributed by atoms with van der Waals surface area (Å²) >= 11 is 0. The van der Waals surface area contributed by atoms with Gasteiger partial charge >= 0.3 is 0 Å². The molecule has 0 fully saturated rings. The molecule has 0 atom stereocenters.